The van der Waals surface area contributed by atoms with Gasteiger partial charge in [0, 0.05) is 10.6 Å². The number of nitrogens with one attached hydrogen (secondary N) is 1. The fourth-order valence-electron chi connectivity index (χ4n) is 2.82. The SMILES string of the molecule is Cc1onc(C(=O)Nc2ncn(Cc3ccccc3F)n2)c1COc1ccc(Cl)cc1. The summed E-state index contributed by atoms with van der Waals surface area (Å²) >= 11 is 5.87. The first-order valence-electron chi connectivity index (χ1n) is 9.27. The van der Waals surface area contributed by atoms with Crippen molar-refractivity contribution in [2.24, 2.45) is 0 Å². The number of nitrogens with zero attached hydrogens (tertiary/aromatic N) is 4. The number of aromatic nitrogens is 4. The average molecular weight is 442 g/mol. The Kier molecular flexibility index (Phi) is 5.94. The first-order valence-corrected chi connectivity index (χ1v) is 9.65. The van der Waals surface area contributed by atoms with Crippen molar-refractivity contribution in [1.82, 2.24) is 19.9 Å². The zero-order valence-corrected chi connectivity index (χ0v) is 17.1. The maximum absolute atomic E-state index is 13.8. The van der Waals surface area contributed by atoms with Gasteiger partial charge in [0.05, 0.1) is 12.1 Å². The standard InChI is InChI=1S/C21H17ClFN5O3/c1-13-17(11-30-16-8-6-15(22)7-9-16)19(27-31-13)20(29)25-21-24-12-28(26-21)10-14-4-2-3-5-18(14)23/h2-9,12H,10-11H2,1H3,(H,25,26,29). The number of carbonyl (C=O) groups excluding carboxylic acids is 1. The quantitative estimate of drug-likeness (QED) is 0.460. The molecule has 0 spiro atoms. The van der Waals surface area contributed by atoms with E-state index in [0.29, 0.717) is 27.7 Å². The van der Waals surface area contributed by atoms with Crippen molar-refractivity contribution in [2.45, 2.75) is 20.1 Å². The molecule has 10 heteroatoms. The lowest BCUT2D eigenvalue weighted by atomic mass is 10.2. The van der Waals surface area contributed by atoms with E-state index < -0.39 is 5.91 Å². The molecule has 0 unspecified atom stereocenters. The van der Waals surface area contributed by atoms with Crippen LogP contribution in [0.5, 0.6) is 5.75 Å². The van der Waals surface area contributed by atoms with E-state index in [0.717, 1.165) is 0 Å². The number of hydrogen-bond acceptors (Lipinski definition) is 6. The lowest BCUT2D eigenvalue weighted by Gasteiger charge is -2.06. The molecule has 0 aliphatic heterocycles. The molecule has 0 bridgehead atoms. The van der Waals surface area contributed by atoms with Crippen LogP contribution in [0.1, 0.15) is 27.4 Å². The molecular weight excluding hydrogens is 425 g/mol. The van der Waals surface area contributed by atoms with Crippen LogP contribution in [-0.4, -0.2) is 25.8 Å². The number of anilines is 1. The van der Waals surface area contributed by atoms with Crippen molar-refractivity contribution < 1.29 is 18.4 Å². The zero-order valence-electron chi connectivity index (χ0n) is 16.4. The summed E-state index contributed by atoms with van der Waals surface area (Å²) in [6, 6.07) is 13.2. The Hall–Kier alpha value is -3.72. The van der Waals surface area contributed by atoms with E-state index in [2.05, 4.69) is 20.6 Å². The van der Waals surface area contributed by atoms with Gasteiger partial charge in [0.15, 0.2) is 5.69 Å². The third-order valence-corrected chi connectivity index (χ3v) is 4.70. The number of rotatable bonds is 7. The molecule has 2 heterocycles. The van der Waals surface area contributed by atoms with Crippen LogP contribution >= 0.6 is 11.6 Å². The Morgan fingerprint density at radius 2 is 2.00 bits per heavy atom. The fraction of sp³-hybridized carbons (Fsp3) is 0.143. The summed E-state index contributed by atoms with van der Waals surface area (Å²) in [6.45, 7) is 1.94. The molecule has 0 saturated carbocycles. The van der Waals surface area contributed by atoms with E-state index in [-0.39, 0.29) is 30.6 Å². The second kappa shape index (κ2) is 8.97. The monoisotopic (exact) mass is 441 g/mol. The van der Waals surface area contributed by atoms with E-state index >= 15 is 0 Å². The molecule has 8 nitrogen and oxygen atoms in total. The third kappa shape index (κ3) is 4.89. The molecule has 0 atom stereocenters. The van der Waals surface area contributed by atoms with Gasteiger partial charge in [-0.05, 0) is 37.3 Å². The van der Waals surface area contributed by atoms with Crippen LogP contribution in [0.25, 0.3) is 0 Å². The Labute approximate surface area is 181 Å². The molecule has 31 heavy (non-hydrogen) atoms. The van der Waals surface area contributed by atoms with E-state index in [1.165, 1.54) is 17.1 Å². The van der Waals surface area contributed by atoms with Crippen molar-refractivity contribution in [1.29, 1.82) is 0 Å². The van der Waals surface area contributed by atoms with E-state index in [1.54, 1.807) is 49.4 Å². The Morgan fingerprint density at radius 1 is 1.23 bits per heavy atom. The maximum Gasteiger partial charge on any atom is 0.280 e. The van der Waals surface area contributed by atoms with Gasteiger partial charge in [-0.3, -0.25) is 10.1 Å². The number of amides is 1. The van der Waals surface area contributed by atoms with E-state index in [4.69, 9.17) is 20.9 Å². The van der Waals surface area contributed by atoms with Crippen molar-refractivity contribution in [3.05, 3.63) is 88.3 Å². The normalized spacial score (nSPS) is 10.8. The van der Waals surface area contributed by atoms with Gasteiger partial charge in [0.1, 0.15) is 30.3 Å². The molecule has 0 aliphatic carbocycles. The Bertz CT molecular complexity index is 1210. The number of hydrogen-bond donors (Lipinski definition) is 1. The van der Waals surface area contributed by atoms with E-state index in [1.807, 2.05) is 0 Å². The second-order valence-electron chi connectivity index (χ2n) is 6.62. The summed E-state index contributed by atoms with van der Waals surface area (Å²) in [5.41, 5.74) is 1.02. The molecule has 2 aromatic heterocycles. The zero-order chi connectivity index (χ0) is 21.8. The summed E-state index contributed by atoms with van der Waals surface area (Å²) in [5, 5.41) is 11.1. The minimum absolute atomic E-state index is 0.0616. The lowest BCUT2D eigenvalue weighted by molar-refractivity contribution is 0.101. The van der Waals surface area contributed by atoms with Crippen LogP contribution in [0.3, 0.4) is 0 Å². The van der Waals surface area contributed by atoms with Crippen molar-refractivity contribution in [2.75, 3.05) is 5.32 Å². The topological polar surface area (TPSA) is 95.1 Å². The first kappa shape index (κ1) is 20.5. The molecule has 4 aromatic rings. The molecule has 2 aromatic carbocycles. The first-order chi connectivity index (χ1) is 15.0. The molecular formula is C21H17ClFN5O3. The Balaban J connectivity index is 1.43. The van der Waals surface area contributed by atoms with Gasteiger partial charge in [0.2, 0.25) is 5.95 Å². The van der Waals surface area contributed by atoms with Gasteiger partial charge in [-0.15, -0.1) is 5.10 Å². The summed E-state index contributed by atoms with van der Waals surface area (Å²) in [6.07, 6.45) is 1.40. The summed E-state index contributed by atoms with van der Waals surface area (Å²) in [4.78, 5) is 16.7. The van der Waals surface area contributed by atoms with Crippen LogP contribution in [0.4, 0.5) is 10.3 Å². The highest BCUT2D eigenvalue weighted by atomic mass is 35.5. The number of ether oxygens (including phenoxy) is 1. The fourth-order valence-corrected chi connectivity index (χ4v) is 2.94. The number of benzene rings is 2. The lowest BCUT2D eigenvalue weighted by Crippen LogP contribution is -2.16. The van der Waals surface area contributed by atoms with Crippen molar-refractivity contribution in [3.8, 4) is 5.75 Å². The predicted molar refractivity (Wildman–Crippen MR) is 111 cm³/mol. The summed E-state index contributed by atoms with van der Waals surface area (Å²) in [5.74, 6) is 0.218. The predicted octanol–water partition coefficient (Wildman–Crippen LogP) is 4.25. The minimum atomic E-state index is -0.546. The largest absolute Gasteiger partial charge is 0.489 e. The van der Waals surface area contributed by atoms with Crippen LogP contribution < -0.4 is 10.1 Å². The number of carbonyl (C=O) groups is 1. The van der Waals surface area contributed by atoms with Crippen molar-refractivity contribution in [3.63, 3.8) is 0 Å². The van der Waals surface area contributed by atoms with E-state index in [9.17, 15) is 9.18 Å². The molecule has 0 fully saturated rings. The summed E-state index contributed by atoms with van der Waals surface area (Å²) < 4.78 is 26.1. The van der Waals surface area contributed by atoms with Crippen LogP contribution in [0.2, 0.25) is 5.02 Å². The van der Waals surface area contributed by atoms with Crippen molar-refractivity contribution >= 4 is 23.5 Å². The van der Waals surface area contributed by atoms with Gasteiger partial charge in [-0.1, -0.05) is 35.0 Å². The highest BCUT2D eigenvalue weighted by molar-refractivity contribution is 6.30. The second-order valence-corrected chi connectivity index (χ2v) is 7.06. The Morgan fingerprint density at radius 3 is 2.77 bits per heavy atom. The highest BCUT2D eigenvalue weighted by Gasteiger charge is 2.21. The van der Waals surface area contributed by atoms with Gasteiger partial charge in [-0.25, -0.2) is 14.1 Å². The van der Waals surface area contributed by atoms with Crippen LogP contribution in [-0.2, 0) is 13.2 Å². The van der Waals surface area contributed by atoms with Gasteiger partial charge in [-0.2, -0.15) is 0 Å². The van der Waals surface area contributed by atoms with Crippen LogP contribution in [0, 0.1) is 12.7 Å². The number of halogens is 2. The average Bonchev–Trinajstić information content (AvgIpc) is 3.35. The number of aryl methyl sites for hydroxylation is 1. The highest BCUT2D eigenvalue weighted by Crippen LogP contribution is 2.20. The molecule has 0 aliphatic rings. The third-order valence-electron chi connectivity index (χ3n) is 4.45. The van der Waals surface area contributed by atoms with Gasteiger partial charge >= 0.3 is 0 Å². The molecule has 0 saturated heterocycles. The molecule has 0 radical (unpaired) electrons. The molecule has 4 rings (SSSR count). The molecule has 1 N–H and O–H groups in total. The molecule has 1 amide bonds. The maximum atomic E-state index is 13.8. The summed E-state index contributed by atoms with van der Waals surface area (Å²) in [7, 11) is 0. The molecule has 158 valence electrons. The van der Waals surface area contributed by atoms with Gasteiger partial charge in [0.25, 0.3) is 5.91 Å². The smallest absolute Gasteiger partial charge is 0.280 e. The minimum Gasteiger partial charge on any atom is -0.489 e. The van der Waals surface area contributed by atoms with Crippen LogP contribution in [0.15, 0.2) is 59.4 Å². The van der Waals surface area contributed by atoms with Gasteiger partial charge < -0.3 is 9.26 Å².